The Hall–Kier alpha value is -1.50. The fraction of sp³-hybridized carbons (Fsp3) is 0.333. The van der Waals surface area contributed by atoms with Gasteiger partial charge in [0, 0.05) is 12.7 Å². The second-order valence-electron chi connectivity index (χ2n) is 4.21. The maximum absolute atomic E-state index is 4.00. The first kappa shape index (κ1) is 14.5. The Labute approximate surface area is 100.0 Å². The predicted molar refractivity (Wildman–Crippen MR) is 74.3 cm³/mol. The third-order valence-electron chi connectivity index (χ3n) is 2.16. The van der Waals surface area contributed by atoms with Crippen LogP contribution in [0.5, 0.6) is 0 Å². The maximum atomic E-state index is 4.00. The summed E-state index contributed by atoms with van der Waals surface area (Å²) in [6.07, 6.45) is 6.18. The molecule has 1 nitrogen and oxygen atoms in total. The van der Waals surface area contributed by atoms with Gasteiger partial charge in [-0.15, -0.1) is 0 Å². The quantitative estimate of drug-likeness (QED) is 0.683. The third-order valence-corrected chi connectivity index (χ3v) is 2.16. The highest BCUT2D eigenvalue weighted by molar-refractivity contribution is 5.46. The highest BCUT2D eigenvalue weighted by Gasteiger charge is 1.98. The van der Waals surface area contributed by atoms with Gasteiger partial charge in [0.15, 0.2) is 0 Å². The molecular formula is C15H23N. The van der Waals surface area contributed by atoms with Crippen LogP contribution in [0.4, 0.5) is 0 Å². The largest absolute Gasteiger partial charge is 0.389 e. The molecule has 0 saturated carbocycles. The molecule has 0 aliphatic carbocycles. The van der Waals surface area contributed by atoms with Crippen LogP contribution in [-0.4, -0.2) is 7.05 Å². The van der Waals surface area contributed by atoms with Crippen molar-refractivity contribution in [1.82, 2.24) is 5.32 Å². The standard InChI is InChI=1S/C15H23N/c1-11(2)10-13(5)15(12(3)4)9-8-14(6)16-7/h8-10,16H,3,6H2,1-2,4-5,7H3/b9-8-,15-13-. The van der Waals surface area contributed by atoms with Gasteiger partial charge < -0.3 is 5.32 Å². The Morgan fingerprint density at radius 1 is 1.00 bits per heavy atom. The molecule has 0 radical (unpaired) electrons. The zero-order valence-electron chi connectivity index (χ0n) is 11.1. The average Bonchev–Trinajstić information content (AvgIpc) is 2.15. The van der Waals surface area contributed by atoms with E-state index < -0.39 is 0 Å². The van der Waals surface area contributed by atoms with Gasteiger partial charge in [-0.05, 0) is 44.9 Å². The van der Waals surface area contributed by atoms with Crippen LogP contribution >= 0.6 is 0 Å². The lowest BCUT2D eigenvalue weighted by atomic mass is 10.0. The van der Waals surface area contributed by atoms with E-state index in [9.17, 15) is 0 Å². The van der Waals surface area contributed by atoms with Crippen molar-refractivity contribution in [1.29, 1.82) is 0 Å². The molecule has 0 aliphatic heterocycles. The highest BCUT2D eigenvalue weighted by Crippen LogP contribution is 2.17. The van der Waals surface area contributed by atoms with Crippen LogP contribution in [0.3, 0.4) is 0 Å². The fourth-order valence-electron chi connectivity index (χ4n) is 1.39. The topological polar surface area (TPSA) is 12.0 Å². The first-order valence-electron chi connectivity index (χ1n) is 5.45. The van der Waals surface area contributed by atoms with Gasteiger partial charge in [0.2, 0.25) is 0 Å². The Kier molecular flexibility index (Phi) is 6.24. The summed E-state index contributed by atoms with van der Waals surface area (Å²) in [5.74, 6) is 0. The Morgan fingerprint density at radius 3 is 1.94 bits per heavy atom. The molecule has 0 amide bonds. The minimum Gasteiger partial charge on any atom is -0.389 e. The molecule has 1 heteroatoms. The summed E-state index contributed by atoms with van der Waals surface area (Å²) in [7, 11) is 1.86. The molecule has 0 saturated heterocycles. The van der Waals surface area contributed by atoms with Gasteiger partial charge >= 0.3 is 0 Å². The molecule has 0 bridgehead atoms. The van der Waals surface area contributed by atoms with Crippen molar-refractivity contribution in [2.45, 2.75) is 27.7 Å². The van der Waals surface area contributed by atoms with Crippen molar-refractivity contribution in [3.05, 3.63) is 59.4 Å². The Morgan fingerprint density at radius 2 is 1.56 bits per heavy atom. The molecule has 0 aliphatic rings. The highest BCUT2D eigenvalue weighted by atomic mass is 14.8. The van der Waals surface area contributed by atoms with Crippen molar-refractivity contribution >= 4 is 0 Å². The van der Waals surface area contributed by atoms with Gasteiger partial charge in [0.05, 0.1) is 0 Å². The van der Waals surface area contributed by atoms with Crippen LogP contribution < -0.4 is 5.32 Å². The summed E-state index contributed by atoms with van der Waals surface area (Å²) in [6.45, 7) is 16.2. The summed E-state index contributed by atoms with van der Waals surface area (Å²) in [5, 5.41) is 2.99. The zero-order chi connectivity index (χ0) is 12.7. The number of rotatable bonds is 5. The van der Waals surface area contributed by atoms with E-state index in [1.54, 1.807) is 0 Å². The lowest BCUT2D eigenvalue weighted by Crippen LogP contribution is -2.00. The average molecular weight is 217 g/mol. The van der Waals surface area contributed by atoms with Gasteiger partial charge in [0.25, 0.3) is 0 Å². The second-order valence-corrected chi connectivity index (χ2v) is 4.21. The molecule has 88 valence electrons. The minimum absolute atomic E-state index is 0.892. The smallest absolute Gasteiger partial charge is 0.0264 e. The van der Waals surface area contributed by atoms with E-state index in [-0.39, 0.29) is 0 Å². The molecule has 0 unspecified atom stereocenters. The lowest BCUT2D eigenvalue weighted by molar-refractivity contribution is 1.04. The van der Waals surface area contributed by atoms with E-state index in [2.05, 4.69) is 51.4 Å². The third kappa shape index (κ3) is 5.40. The van der Waals surface area contributed by atoms with Crippen LogP contribution in [0.25, 0.3) is 0 Å². The first-order valence-corrected chi connectivity index (χ1v) is 5.45. The number of allylic oxidation sites excluding steroid dienone is 7. The molecule has 0 aromatic rings. The molecular weight excluding hydrogens is 194 g/mol. The van der Waals surface area contributed by atoms with Crippen LogP contribution in [-0.2, 0) is 0 Å². The van der Waals surface area contributed by atoms with E-state index >= 15 is 0 Å². The zero-order valence-corrected chi connectivity index (χ0v) is 11.1. The number of hydrogen-bond donors (Lipinski definition) is 1. The van der Waals surface area contributed by atoms with E-state index in [1.165, 1.54) is 11.1 Å². The number of hydrogen-bond acceptors (Lipinski definition) is 1. The van der Waals surface area contributed by atoms with E-state index in [4.69, 9.17) is 0 Å². The van der Waals surface area contributed by atoms with Crippen molar-refractivity contribution in [3.8, 4) is 0 Å². The van der Waals surface area contributed by atoms with Gasteiger partial charge in [-0.25, -0.2) is 0 Å². The summed E-state index contributed by atoms with van der Waals surface area (Å²) in [6, 6.07) is 0. The van der Waals surface area contributed by atoms with Gasteiger partial charge in [-0.2, -0.15) is 0 Å². The Bertz CT molecular complexity index is 361. The SMILES string of the molecule is C=C(/C=C\C(C(=C)C)=C(/C)C=C(C)C)NC. The lowest BCUT2D eigenvalue weighted by Gasteiger charge is -2.06. The molecule has 1 N–H and O–H groups in total. The minimum atomic E-state index is 0.892. The van der Waals surface area contributed by atoms with Crippen LogP contribution in [0.1, 0.15) is 27.7 Å². The summed E-state index contributed by atoms with van der Waals surface area (Å²) >= 11 is 0. The molecule has 0 aromatic heterocycles. The summed E-state index contributed by atoms with van der Waals surface area (Å²) < 4.78 is 0. The first-order chi connectivity index (χ1) is 7.38. The second kappa shape index (κ2) is 6.89. The van der Waals surface area contributed by atoms with Crippen molar-refractivity contribution in [3.63, 3.8) is 0 Å². The van der Waals surface area contributed by atoms with Crippen molar-refractivity contribution in [2.75, 3.05) is 7.05 Å². The fourth-order valence-corrected chi connectivity index (χ4v) is 1.39. The molecule has 0 fully saturated rings. The summed E-state index contributed by atoms with van der Waals surface area (Å²) in [4.78, 5) is 0. The molecule has 0 aromatic carbocycles. The monoisotopic (exact) mass is 217 g/mol. The van der Waals surface area contributed by atoms with Gasteiger partial charge in [-0.1, -0.05) is 36.5 Å². The van der Waals surface area contributed by atoms with Gasteiger partial charge in [0.1, 0.15) is 0 Å². The van der Waals surface area contributed by atoms with Crippen LogP contribution in [0.2, 0.25) is 0 Å². The molecule has 0 rings (SSSR count). The summed E-state index contributed by atoms with van der Waals surface area (Å²) in [5.41, 5.74) is 5.64. The van der Waals surface area contributed by atoms with E-state index in [0.717, 1.165) is 16.8 Å². The van der Waals surface area contributed by atoms with Crippen LogP contribution in [0, 0.1) is 0 Å². The van der Waals surface area contributed by atoms with Crippen LogP contribution in [0.15, 0.2) is 59.4 Å². The normalized spacial score (nSPS) is 12.1. The predicted octanol–water partition coefficient (Wildman–Crippen LogP) is 4.13. The van der Waals surface area contributed by atoms with Crippen molar-refractivity contribution in [2.24, 2.45) is 0 Å². The van der Waals surface area contributed by atoms with E-state index in [0.29, 0.717) is 0 Å². The number of nitrogens with one attached hydrogen (secondary N) is 1. The molecule has 0 atom stereocenters. The van der Waals surface area contributed by atoms with Crippen molar-refractivity contribution < 1.29 is 0 Å². The molecule has 0 spiro atoms. The van der Waals surface area contributed by atoms with Gasteiger partial charge in [-0.3, -0.25) is 0 Å². The van der Waals surface area contributed by atoms with E-state index in [1.807, 2.05) is 20.0 Å². The molecule has 16 heavy (non-hydrogen) atoms. The number of likely N-dealkylation sites (N-methyl/N-ethyl adjacent to an activating group) is 1. The maximum Gasteiger partial charge on any atom is 0.0264 e. The molecule has 0 heterocycles. The Balaban J connectivity index is 5.17.